The van der Waals surface area contributed by atoms with Gasteiger partial charge in [0, 0.05) is 51.9 Å². The number of aliphatic carboxylic acids is 3. The zero-order valence-corrected chi connectivity index (χ0v) is 17.8. The van der Waals surface area contributed by atoms with Crippen LogP contribution in [0, 0.1) is 5.92 Å². The Hall–Kier alpha value is -1.75. The molecule has 1 rings (SSSR count). The minimum atomic E-state index is -0.955. The summed E-state index contributed by atoms with van der Waals surface area (Å²) in [7, 11) is 0. The maximum absolute atomic E-state index is 11.3. The molecule has 0 spiro atoms. The van der Waals surface area contributed by atoms with E-state index in [0.717, 1.165) is 6.54 Å². The van der Waals surface area contributed by atoms with Gasteiger partial charge < -0.3 is 15.3 Å². The van der Waals surface area contributed by atoms with Gasteiger partial charge in [0.15, 0.2) is 0 Å². The lowest BCUT2D eigenvalue weighted by molar-refractivity contribution is -0.140. The van der Waals surface area contributed by atoms with Gasteiger partial charge in [-0.05, 0) is 12.5 Å². The molecule has 0 saturated carbocycles. The van der Waals surface area contributed by atoms with Crippen molar-refractivity contribution in [1.29, 1.82) is 0 Å². The Morgan fingerprint density at radius 2 is 1.14 bits per heavy atom. The van der Waals surface area contributed by atoms with Crippen LogP contribution >= 0.6 is 0 Å². The van der Waals surface area contributed by atoms with E-state index in [1.807, 2.05) is 9.80 Å². The maximum atomic E-state index is 11.3. The summed E-state index contributed by atoms with van der Waals surface area (Å²) in [4.78, 5) is 41.6. The standard InChI is InChI=1S/C19H36N4O6/c1-4-23-10-9-21(13-18(26)27)6-5-20(12-17(24)25)7-8-22(14-19(28)29)11-16(23)15(2)3/h15-16H,4-14H2,1-3H3,(H,24,25)(H,26,27)(H,28,29). The van der Waals surface area contributed by atoms with E-state index in [-0.39, 0.29) is 31.6 Å². The van der Waals surface area contributed by atoms with Gasteiger partial charge in [-0.25, -0.2) is 0 Å². The first-order chi connectivity index (χ1) is 13.6. The SMILES string of the molecule is CCN1CCN(CC(=O)O)CCN(CC(=O)O)CCN(CC(=O)O)CC1C(C)C. The second kappa shape index (κ2) is 12.7. The Balaban J connectivity index is 3.07. The van der Waals surface area contributed by atoms with Crippen LogP contribution in [-0.4, -0.2) is 131 Å². The third kappa shape index (κ3) is 10.0. The highest BCUT2D eigenvalue weighted by Crippen LogP contribution is 2.14. The highest BCUT2D eigenvalue weighted by Gasteiger charge is 2.26. The van der Waals surface area contributed by atoms with E-state index < -0.39 is 17.9 Å². The minimum Gasteiger partial charge on any atom is -0.480 e. The van der Waals surface area contributed by atoms with E-state index in [4.69, 9.17) is 0 Å². The van der Waals surface area contributed by atoms with Gasteiger partial charge in [0.25, 0.3) is 0 Å². The van der Waals surface area contributed by atoms with Crippen LogP contribution in [0.5, 0.6) is 0 Å². The Morgan fingerprint density at radius 1 is 0.759 bits per heavy atom. The van der Waals surface area contributed by atoms with Crippen LogP contribution in [0.3, 0.4) is 0 Å². The molecule has 0 aromatic rings. The summed E-state index contributed by atoms with van der Waals surface area (Å²) >= 11 is 0. The lowest BCUT2D eigenvalue weighted by atomic mass is 10.0. The predicted molar refractivity (Wildman–Crippen MR) is 108 cm³/mol. The maximum Gasteiger partial charge on any atom is 0.317 e. The Kier molecular flexibility index (Phi) is 11.1. The van der Waals surface area contributed by atoms with Gasteiger partial charge in [-0.3, -0.25) is 34.0 Å². The zero-order chi connectivity index (χ0) is 22.0. The quantitative estimate of drug-likeness (QED) is 0.477. The monoisotopic (exact) mass is 416 g/mol. The number of carboxylic acid groups (broad SMARTS) is 3. The number of likely N-dealkylation sites (N-methyl/N-ethyl adjacent to an activating group) is 1. The van der Waals surface area contributed by atoms with Crippen LogP contribution in [0.2, 0.25) is 0 Å². The number of carbonyl (C=O) groups is 3. The molecule has 1 atom stereocenters. The fraction of sp³-hybridized carbons (Fsp3) is 0.842. The molecule has 0 aliphatic carbocycles. The number of nitrogens with zero attached hydrogens (tertiary/aromatic N) is 4. The van der Waals surface area contributed by atoms with Crippen molar-refractivity contribution >= 4 is 17.9 Å². The molecule has 1 aliphatic heterocycles. The first-order valence-electron chi connectivity index (χ1n) is 10.2. The van der Waals surface area contributed by atoms with Crippen LogP contribution in [0.1, 0.15) is 20.8 Å². The van der Waals surface area contributed by atoms with Gasteiger partial charge in [0.2, 0.25) is 0 Å². The van der Waals surface area contributed by atoms with Gasteiger partial charge in [0.1, 0.15) is 0 Å². The van der Waals surface area contributed by atoms with E-state index in [9.17, 15) is 29.7 Å². The van der Waals surface area contributed by atoms with Crippen molar-refractivity contribution in [1.82, 2.24) is 19.6 Å². The molecule has 0 aromatic heterocycles. The summed E-state index contributed by atoms with van der Waals surface area (Å²) in [5.74, 6) is -2.47. The third-order valence-corrected chi connectivity index (χ3v) is 5.33. The third-order valence-electron chi connectivity index (χ3n) is 5.33. The van der Waals surface area contributed by atoms with Crippen molar-refractivity contribution in [2.75, 3.05) is 72.0 Å². The molecule has 29 heavy (non-hydrogen) atoms. The fourth-order valence-corrected chi connectivity index (χ4v) is 3.76. The largest absolute Gasteiger partial charge is 0.480 e. The molecule has 1 saturated heterocycles. The lowest BCUT2D eigenvalue weighted by Crippen LogP contribution is -2.53. The number of rotatable bonds is 8. The molecule has 0 aromatic carbocycles. The van der Waals surface area contributed by atoms with Gasteiger partial charge in [-0.15, -0.1) is 0 Å². The number of hydrogen-bond donors (Lipinski definition) is 3. The molecular formula is C19H36N4O6. The Bertz CT molecular complexity index is 545. The molecule has 1 heterocycles. The van der Waals surface area contributed by atoms with Crippen LogP contribution in [-0.2, 0) is 14.4 Å². The highest BCUT2D eigenvalue weighted by molar-refractivity contribution is 5.69. The molecule has 1 aliphatic rings. The van der Waals surface area contributed by atoms with Crippen LogP contribution < -0.4 is 0 Å². The molecule has 0 amide bonds. The van der Waals surface area contributed by atoms with Crippen LogP contribution in [0.25, 0.3) is 0 Å². The highest BCUT2D eigenvalue weighted by atomic mass is 16.4. The summed E-state index contributed by atoms with van der Waals surface area (Å²) in [5.41, 5.74) is 0. The second-order valence-corrected chi connectivity index (χ2v) is 7.91. The van der Waals surface area contributed by atoms with Gasteiger partial charge in [-0.1, -0.05) is 20.8 Å². The fourth-order valence-electron chi connectivity index (χ4n) is 3.76. The van der Waals surface area contributed by atoms with Gasteiger partial charge in [0.05, 0.1) is 19.6 Å². The zero-order valence-electron chi connectivity index (χ0n) is 17.8. The molecule has 1 unspecified atom stereocenters. The number of carboxylic acids is 3. The molecule has 10 nitrogen and oxygen atoms in total. The second-order valence-electron chi connectivity index (χ2n) is 7.91. The van der Waals surface area contributed by atoms with Crippen molar-refractivity contribution in [3.63, 3.8) is 0 Å². The van der Waals surface area contributed by atoms with E-state index in [1.54, 1.807) is 4.90 Å². The van der Waals surface area contributed by atoms with E-state index in [1.165, 1.54) is 0 Å². The van der Waals surface area contributed by atoms with E-state index in [2.05, 4.69) is 25.7 Å². The molecule has 1 fully saturated rings. The van der Waals surface area contributed by atoms with E-state index >= 15 is 0 Å². The van der Waals surface area contributed by atoms with Crippen LogP contribution in [0.15, 0.2) is 0 Å². The van der Waals surface area contributed by atoms with Crippen molar-refractivity contribution < 1.29 is 29.7 Å². The molecule has 168 valence electrons. The van der Waals surface area contributed by atoms with Gasteiger partial charge in [-0.2, -0.15) is 0 Å². The molecule has 3 N–H and O–H groups in total. The lowest BCUT2D eigenvalue weighted by Gasteiger charge is -2.39. The van der Waals surface area contributed by atoms with Crippen molar-refractivity contribution in [3.05, 3.63) is 0 Å². The predicted octanol–water partition coefficient (Wildman–Crippen LogP) is -0.494. The molecule has 0 bridgehead atoms. The minimum absolute atomic E-state index is 0.0874. The summed E-state index contributed by atoms with van der Waals surface area (Å²) in [6.07, 6.45) is 0. The Morgan fingerprint density at radius 3 is 1.52 bits per heavy atom. The average Bonchev–Trinajstić information content (AvgIpc) is 2.59. The topological polar surface area (TPSA) is 125 Å². The average molecular weight is 417 g/mol. The van der Waals surface area contributed by atoms with E-state index in [0.29, 0.717) is 45.8 Å². The first-order valence-corrected chi connectivity index (χ1v) is 10.2. The summed E-state index contributed by atoms with van der Waals surface area (Å²) in [6.45, 7) is 10.2. The summed E-state index contributed by atoms with van der Waals surface area (Å²) in [6, 6.07) is 0.123. The molecular weight excluding hydrogens is 380 g/mol. The Labute approximate surface area is 172 Å². The molecule has 0 radical (unpaired) electrons. The van der Waals surface area contributed by atoms with Crippen molar-refractivity contribution in [3.8, 4) is 0 Å². The molecule has 10 heteroatoms. The summed E-state index contributed by atoms with van der Waals surface area (Å²) in [5, 5.41) is 27.7. The van der Waals surface area contributed by atoms with Gasteiger partial charge >= 0.3 is 17.9 Å². The van der Waals surface area contributed by atoms with Crippen molar-refractivity contribution in [2.24, 2.45) is 5.92 Å². The van der Waals surface area contributed by atoms with Crippen molar-refractivity contribution in [2.45, 2.75) is 26.8 Å². The van der Waals surface area contributed by atoms with Crippen LogP contribution in [0.4, 0.5) is 0 Å². The smallest absolute Gasteiger partial charge is 0.317 e. The normalized spacial score (nSPS) is 22.1. The summed E-state index contributed by atoms with van der Waals surface area (Å²) < 4.78 is 0. The number of hydrogen-bond acceptors (Lipinski definition) is 7. The first kappa shape index (κ1) is 25.3.